The van der Waals surface area contributed by atoms with Gasteiger partial charge in [0.25, 0.3) is 0 Å². The Kier molecular flexibility index (Phi) is 8.44. The van der Waals surface area contributed by atoms with E-state index in [9.17, 15) is 13.2 Å². The van der Waals surface area contributed by atoms with Crippen LogP contribution in [0.3, 0.4) is 0 Å². The number of sulfonamides is 1. The molecule has 1 amide bonds. The zero-order valence-corrected chi connectivity index (χ0v) is 17.3. The molecule has 1 aromatic rings. The summed E-state index contributed by atoms with van der Waals surface area (Å²) in [6.07, 6.45) is 9.05. The summed E-state index contributed by atoms with van der Waals surface area (Å²) in [5.74, 6) is 0.515. The third-order valence-electron chi connectivity index (χ3n) is 4.76. The lowest BCUT2D eigenvalue weighted by Crippen LogP contribution is -2.49. The summed E-state index contributed by atoms with van der Waals surface area (Å²) in [5, 5.41) is 3.08. The molecular formula is C19H30N2O3S2. The van der Waals surface area contributed by atoms with Crippen LogP contribution in [0.1, 0.15) is 50.5 Å². The van der Waals surface area contributed by atoms with Crippen molar-refractivity contribution >= 4 is 27.7 Å². The molecule has 1 fully saturated rings. The van der Waals surface area contributed by atoms with Crippen molar-refractivity contribution in [2.24, 2.45) is 0 Å². The molecule has 1 aliphatic rings. The van der Waals surface area contributed by atoms with Gasteiger partial charge in [-0.25, -0.2) is 8.42 Å². The molecule has 1 aromatic carbocycles. The maximum absolute atomic E-state index is 12.7. The molecule has 26 heavy (non-hydrogen) atoms. The number of aryl methyl sites for hydroxylation is 1. The molecule has 1 atom stereocenters. The molecule has 1 saturated carbocycles. The summed E-state index contributed by atoms with van der Waals surface area (Å²) >= 11 is 1.61. The van der Waals surface area contributed by atoms with E-state index in [1.165, 1.54) is 12.8 Å². The molecule has 0 aliphatic heterocycles. The Hall–Kier alpha value is -1.05. The van der Waals surface area contributed by atoms with E-state index in [-0.39, 0.29) is 16.8 Å². The van der Waals surface area contributed by atoms with Crippen molar-refractivity contribution in [3.63, 3.8) is 0 Å². The Labute approximate surface area is 161 Å². The van der Waals surface area contributed by atoms with Crippen molar-refractivity contribution in [2.75, 3.05) is 12.0 Å². The first-order valence-corrected chi connectivity index (χ1v) is 12.2. The van der Waals surface area contributed by atoms with Gasteiger partial charge in [0.15, 0.2) is 0 Å². The number of benzene rings is 1. The van der Waals surface area contributed by atoms with Crippen LogP contribution < -0.4 is 10.0 Å². The van der Waals surface area contributed by atoms with Gasteiger partial charge < -0.3 is 5.32 Å². The summed E-state index contributed by atoms with van der Waals surface area (Å²) in [6, 6.07) is 6.09. The van der Waals surface area contributed by atoms with Gasteiger partial charge in [-0.1, -0.05) is 43.4 Å². The lowest BCUT2D eigenvalue weighted by Gasteiger charge is -2.22. The SMILES string of the molecule is CSCC[C@@H](NS(=O)(=O)c1ccc(C)cc1)C(=O)NC1CCCCCC1. The molecule has 7 heteroatoms. The van der Waals surface area contributed by atoms with Crippen molar-refractivity contribution in [3.8, 4) is 0 Å². The van der Waals surface area contributed by atoms with E-state index in [4.69, 9.17) is 0 Å². The third-order valence-corrected chi connectivity index (χ3v) is 6.89. The van der Waals surface area contributed by atoms with E-state index in [1.807, 2.05) is 13.2 Å². The molecule has 0 unspecified atom stereocenters. The Balaban J connectivity index is 2.07. The van der Waals surface area contributed by atoms with Crippen LogP contribution in [0.15, 0.2) is 29.2 Å². The minimum absolute atomic E-state index is 0.158. The maximum Gasteiger partial charge on any atom is 0.241 e. The van der Waals surface area contributed by atoms with E-state index >= 15 is 0 Å². The van der Waals surface area contributed by atoms with Gasteiger partial charge in [-0.2, -0.15) is 16.5 Å². The molecule has 5 nitrogen and oxygen atoms in total. The van der Waals surface area contributed by atoms with Gasteiger partial charge in [0.2, 0.25) is 15.9 Å². The highest BCUT2D eigenvalue weighted by atomic mass is 32.2. The van der Waals surface area contributed by atoms with Crippen LogP contribution in [0.25, 0.3) is 0 Å². The number of thioether (sulfide) groups is 1. The summed E-state index contributed by atoms with van der Waals surface area (Å²) in [4.78, 5) is 12.9. The second-order valence-electron chi connectivity index (χ2n) is 6.97. The lowest BCUT2D eigenvalue weighted by atomic mass is 10.1. The normalized spacial score (nSPS) is 17.5. The van der Waals surface area contributed by atoms with E-state index < -0.39 is 16.1 Å². The van der Waals surface area contributed by atoms with Gasteiger partial charge in [0.1, 0.15) is 6.04 Å². The number of carbonyl (C=O) groups is 1. The molecule has 0 spiro atoms. The van der Waals surface area contributed by atoms with Crippen LogP contribution >= 0.6 is 11.8 Å². The fraction of sp³-hybridized carbons (Fsp3) is 0.632. The summed E-state index contributed by atoms with van der Waals surface area (Å²) in [6.45, 7) is 1.91. The largest absolute Gasteiger partial charge is 0.352 e. The Morgan fingerprint density at radius 3 is 2.35 bits per heavy atom. The van der Waals surface area contributed by atoms with Crippen LogP contribution in [-0.2, 0) is 14.8 Å². The predicted molar refractivity (Wildman–Crippen MR) is 108 cm³/mol. The quantitative estimate of drug-likeness (QED) is 0.659. The first-order valence-electron chi connectivity index (χ1n) is 9.30. The topological polar surface area (TPSA) is 75.3 Å². The highest BCUT2D eigenvalue weighted by molar-refractivity contribution is 7.98. The molecule has 146 valence electrons. The van der Waals surface area contributed by atoms with Crippen molar-refractivity contribution in [2.45, 2.75) is 68.8 Å². The van der Waals surface area contributed by atoms with Crippen LogP contribution in [0.2, 0.25) is 0 Å². The molecule has 2 rings (SSSR count). The minimum atomic E-state index is -3.72. The third kappa shape index (κ3) is 6.59. The van der Waals surface area contributed by atoms with E-state index in [0.717, 1.165) is 37.0 Å². The fourth-order valence-electron chi connectivity index (χ4n) is 3.18. The lowest BCUT2D eigenvalue weighted by molar-refractivity contribution is -0.123. The van der Waals surface area contributed by atoms with Crippen LogP contribution in [0.5, 0.6) is 0 Å². The molecule has 0 saturated heterocycles. The number of amides is 1. The Morgan fingerprint density at radius 2 is 1.77 bits per heavy atom. The number of nitrogens with one attached hydrogen (secondary N) is 2. The highest BCUT2D eigenvalue weighted by Crippen LogP contribution is 2.18. The maximum atomic E-state index is 12.7. The van der Waals surface area contributed by atoms with Crippen molar-refractivity contribution in [3.05, 3.63) is 29.8 Å². The summed E-state index contributed by atoms with van der Waals surface area (Å²) in [5.41, 5.74) is 0.994. The van der Waals surface area contributed by atoms with Crippen molar-refractivity contribution in [1.82, 2.24) is 10.0 Å². The van der Waals surface area contributed by atoms with Gasteiger partial charge in [-0.15, -0.1) is 0 Å². The minimum Gasteiger partial charge on any atom is -0.352 e. The first kappa shape index (κ1) is 21.3. The molecular weight excluding hydrogens is 368 g/mol. The molecule has 0 bridgehead atoms. The van der Waals surface area contributed by atoms with Gasteiger partial charge >= 0.3 is 0 Å². The zero-order valence-electron chi connectivity index (χ0n) is 15.7. The Morgan fingerprint density at radius 1 is 1.15 bits per heavy atom. The molecule has 0 radical (unpaired) electrons. The van der Waals surface area contributed by atoms with Crippen molar-refractivity contribution in [1.29, 1.82) is 0 Å². The van der Waals surface area contributed by atoms with Crippen molar-refractivity contribution < 1.29 is 13.2 Å². The molecule has 0 aromatic heterocycles. The van der Waals surface area contributed by atoms with Crippen LogP contribution in [-0.4, -0.2) is 38.4 Å². The monoisotopic (exact) mass is 398 g/mol. The standard InChI is InChI=1S/C19H30N2O3S2/c1-15-9-11-17(12-10-15)26(23,24)21-18(13-14-25-2)19(22)20-16-7-5-3-4-6-8-16/h9-12,16,18,21H,3-8,13-14H2,1-2H3,(H,20,22)/t18-/m1/s1. The molecule has 1 aliphatic carbocycles. The second kappa shape index (κ2) is 10.3. The summed E-state index contributed by atoms with van der Waals surface area (Å²) < 4.78 is 28.0. The van der Waals surface area contributed by atoms with Gasteiger partial charge in [-0.3, -0.25) is 4.79 Å². The predicted octanol–water partition coefficient (Wildman–Crippen LogP) is 3.23. The van der Waals surface area contributed by atoms with E-state index in [0.29, 0.717) is 6.42 Å². The highest BCUT2D eigenvalue weighted by Gasteiger charge is 2.27. The van der Waals surface area contributed by atoms with Gasteiger partial charge in [0.05, 0.1) is 4.90 Å². The number of rotatable bonds is 8. The molecule has 0 heterocycles. The number of carbonyl (C=O) groups excluding carboxylic acids is 1. The molecule has 2 N–H and O–H groups in total. The van der Waals surface area contributed by atoms with Gasteiger partial charge in [0, 0.05) is 6.04 Å². The summed E-state index contributed by atoms with van der Waals surface area (Å²) in [7, 11) is -3.72. The zero-order chi connectivity index (χ0) is 19.0. The Bertz CT molecular complexity index is 667. The van der Waals surface area contributed by atoms with Crippen LogP contribution in [0.4, 0.5) is 0 Å². The second-order valence-corrected chi connectivity index (χ2v) is 9.67. The van der Waals surface area contributed by atoms with E-state index in [2.05, 4.69) is 10.0 Å². The smallest absolute Gasteiger partial charge is 0.241 e. The number of hydrogen-bond donors (Lipinski definition) is 2. The fourth-order valence-corrected chi connectivity index (χ4v) is 4.88. The van der Waals surface area contributed by atoms with Gasteiger partial charge in [-0.05, 0) is 50.3 Å². The number of hydrogen-bond acceptors (Lipinski definition) is 4. The first-order chi connectivity index (χ1) is 12.4. The van der Waals surface area contributed by atoms with Crippen LogP contribution in [0, 0.1) is 6.92 Å². The average molecular weight is 399 g/mol. The average Bonchev–Trinajstić information content (AvgIpc) is 2.87. The van der Waals surface area contributed by atoms with E-state index in [1.54, 1.807) is 36.0 Å².